The molecule has 0 aliphatic carbocycles. The number of para-hydroxylation sites is 2. The fourth-order valence-corrected chi connectivity index (χ4v) is 5.61. The smallest absolute Gasteiger partial charge is 0.259 e. The van der Waals surface area contributed by atoms with E-state index in [2.05, 4.69) is 33.2 Å². The van der Waals surface area contributed by atoms with Gasteiger partial charge in [-0.2, -0.15) is 0 Å². The van der Waals surface area contributed by atoms with Crippen LogP contribution in [0.1, 0.15) is 23.5 Å². The predicted octanol–water partition coefficient (Wildman–Crippen LogP) is 4.75. The highest BCUT2D eigenvalue weighted by Crippen LogP contribution is 2.42. The van der Waals surface area contributed by atoms with Gasteiger partial charge < -0.3 is 30.3 Å². The van der Waals surface area contributed by atoms with Crippen molar-refractivity contribution < 1.29 is 14.3 Å². The Labute approximate surface area is 226 Å². The molecule has 38 heavy (non-hydrogen) atoms. The maximum absolute atomic E-state index is 12.4. The first kappa shape index (κ1) is 25.7. The Morgan fingerprint density at radius 2 is 1.87 bits per heavy atom. The third-order valence-corrected chi connectivity index (χ3v) is 7.60. The molecule has 10 heteroatoms. The van der Waals surface area contributed by atoms with Gasteiger partial charge in [0.25, 0.3) is 5.91 Å². The fourth-order valence-electron chi connectivity index (χ4n) is 4.63. The Morgan fingerprint density at radius 3 is 2.58 bits per heavy atom. The van der Waals surface area contributed by atoms with E-state index in [0.717, 1.165) is 53.6 Å². The average Bonchev–Trinajstić information content (AvgIpc) is 3.29. The quantitative estimate of drug-likeness (QED) is 0.335. The molecule has 198 valence electrons. The number of likely N-dealkylation sites (N-methyl/N-ethyl adjacent to an activating group) is 1. The number of benzene rings is 2. The van der Waals surface area contributed by atoms with Crippen molar-refractivity contribution in [1.82, 2.24) is 14.9 Å². The molecular weight excluding hydrogens is 500 g/mol. The van der Waals surface area contributed by atoms with E-state index in [1.54, 1.807) is 13.3 Å². The number of carbonyl (C=O) groups excluding carboxylic acids is 1. The molecule has 2 aromatic heterocycles. The van der Waals surface area contributed by atoms with Crippen LogP contribution in [0.4, 0.5) is 17.3 Å². The number of rotatable bonds is 8. The van der Waals surface area contributed by atoms with Crippen LogP contribution in [0.25, 0.3) is 21.3 Å². The minimum absolute atomic E-state index is 0.0142. The lowest BCUT2D eigenvalue weighted by atomic mass is 10.0. The van der Waals surface area contributed by atoms with Crippen LogP contribution in [-0.4, -0.2) is 67.2 Å². The van der Waals surface area contributed by atoms with Gasteiger partial charge >= 0.3 is 0 Å². The van der Waals surface area contributed by atoms with Crippen LogP contribution in [0.15, 0.2) is 48.7 Å². The molecule has 2 aromatic carbocycles. The first-order valence-electron chi connectivity index (χ1n) is 12.6. The zero-order valence-corrected chi connectivity index (χ0v) is 22.8. The highest BCUT2D eigenvalue weighted by atomic mass is 32.1. The van der Waals surface area contributed by atoms with E-state index < -0.39 is 5.91 Å². The standard InChI is InChI=1S/C28H32N6O3S/c1-17(2)37-25-19(9-7-10-20(25)34-14-12-33(3)13-15-34)31-28-30-16-22-24(32-28)23(26(38-22)27(29)35)18-8-5-6-11-21(18)36-4/h5-11,16-17H,12-15H2,1-4H3,(H2,29,35)(H,30,31,32). The molecule has 0 saturated carbocycles. The highest BCUT2D eigenvalue weighted by Gasteiger charge is 2.24. The molecule has 3 heterocycles. The number of piperazine rings is 1. The lowest BCUT2D eigenvalue weighted by molar-refractivity contribution is 0.100. The number of thiophene rings is 1. The molecular formula is C28H32N6O3S. The number of aromatic nitrogens is 2. The molecule has 4 aromatic rings. The van der Waals surface area contributed by atoms with Gasteiger partial charge in [0, 0.05) is 37.3 Å². The Bertz CT molecular complexity index is 1460. The van der Waals surface area contributed by atoms with Gasteiger partial charge in [-0.3, -0.25) is 4.79 Å². The fraction of sp³-hybridized carbons (Fsp3) is 0.321. The number of nitrogens with two attached hydrogens (primary N) is 1. The average molecular weight is 533 g/mol. The molecule has 0 radical (unpaired) electrons. The van der Waals surface area contributed by atoms with Gasteiger partial charge in [-0.1, -0.05) is 24.3 Å². The summed E-state index contributed by atoms with van der Waals surface area (Å²) >= 11 is 1.28. The number of methoxy groups -OCH3 is 1. The second-order valence-electron chi connectivity index (χ2n) is 9.51. The van der Waals surface area contributed by atoms with Crippen LogP contribution in [0.3, 0.4) is 0 Å². The second-order valence-corrected chi connectivity index (χ2v) is 10.6. The van der Waals surface area contributed by atoms with E-state index in [0.29, 0.717) is 27.7 Å². The second kappa shape index (κ2) is 10.8. The minimum atomic E-state index is -0.518. The van der Waals surface area contributed by atoms with Crippen LogP contribution < -0.4 is 25.4 Å². The Balaban J connectivity index is 1.58. The molecule has 0 unspecified atom stereocenters. The number of nitrogens with zero attached hydrogens (tertiary/aromatic N) is 4. The van der Waals surface area contributed by atoms with Crippen LogP contribution in [0.2, 0.25) is 0 Å². The first-order valence-corrected chi connectivity index (χ1v) is 13.4. The Hall–Kier alpha value is -3.89. The molecule has 1 saturated heterocycles. The van der Waals surface area contributed by atoms with Crippen molar-refractivity contribution in [2.24, 2.45) is 5.73 Å². The molecule has 1 aliphatic rings. The van der Waals surface area contributed by atoms with E-state index in [9.17, 15) is 4.79 Å². The number of primary amides is 1. The molecule has 1 aliphatic heterocycles. The summed E-state index contributed by atoms with van der Waals surface area (Å²) in [5.74, 6) is 1.28. The van der Waals surface area contributed by atoms with Crippen LogP contribution in [0.5, 0.6) is 11.5 Å². The number of hydrogen-bond acceptors (Lipinski definition) is 9. The van der Waals surface area contributed by atoms with Gasteiger partial charge in [0.1, 0.15) is 10.6 Å². The summed E-state index contributed by atoms with van der Waals surface area (Å²) in [7, 11) is 3.74. The van der Waals surface area contributed by atoms with E-state index in [1.807, 2.05) is 50.2 Å². The minimum Gasteiger partial charge on any atom is -0.496 e. The van der Waals surface area contributed by atoms with Gasteiger partial charge in [-0.05, 0) is 39.1 Å². The lowest BCUT2D eigenvalue weighted by Crippen LogP contribution is -2.44. The lowest BCUT2D eigenvalue weighted by Gasteiger charge is -2.35. The van der Waals surface area contributed by atoms with Crippen LogP contribution >= 0.6 is 11.3 Å². The summed E-state index contributed by atoms with van der Waals surface area (Å²) in [6.07, 6.45) is 1.70. The molecule has 9 nitrogen and oxygen atoms in total. The van der Waals surface area contributed by atoms with E-state index >= 15 is 0 Å². The van der Waals surface area contributed by atoms with E-state index in [1.165, 1.54) is 11.3 Å². The molecule has 0 spiro atoms. The van der Waals surface area contributed by atoms with Crippen LogP contribution in [-0.2, 0) is 0 Å². The first-order chi connectivity index (χ1) is 18.4. The summed E-state index contributed by atoms with van der Waals surface area (Å²) in [6, 6.07) is 13.6. The molecule has 0 atom stereocenters. The summed E-state index contributed by atoms with van der Waals surface area (Å²) < 4.78 is 12.7. The third-order valence-electron chi connectivity index (χ3n) is 6.47. The summed E-state index contributed by atoms with van der Waals surface area (Å²) in [4.78, 5) is 26.9. The third kappa shape index (κ3) is 5.09. The van der Waals surface area contributed by atoms with Crippen molar-refractivity contribution in [1.29, 1.82) is 0 Å². The zero-order chi connectivity index (χ0) is 26.8. The topological polar surface area (TPSA) is 106 Å². The van der Waals surface area contributed by atoms with Crippen molar-refractivity contribution in [2.45, 2.75) is 20.0 Å². The molecule has 1 fully saturated rings. The maximum atomic E-state index is 12.4. The normalized spacial score (nSPS) is 14.2. The van der Waals surface area contributed by atoms with E-state index in [-0.39, 0.29) is 6.10 Å². The Morgan fingerprint density at radius 1 is 1.11 bits per heavy atom. The summed E-state index contributed by atoms with van der Waals surface area (Å²) in [6.45, 7) is 7.86. The van der Waals surface area contributed by atoms with Gasteiger partial charge in [0.2, 0.25) is 5.95 Å². The molecule has 0 bridgehead atoms. The predicted molar refractivity (Wildman–Crippen MR) is 153 cm³/mol. The Kier molecular flexibility index (Phi) is 7.35. The van der Waals surface area contributed by atoms with Gasteiger partial charge in [-0.25, -0.2) is 9.97 Å². The van der Waals surface area contributed by atoms with Gasteiger partial charge in [0.05, 0.1) is 41.0 Å². The number of hydrogen-bond donors (Lipinski definition) is 2. The number of ether oxygens (including phenoxy) is 2. The number of amides is 1. The van der Waals surface area contributed by atoms with Crippen molar-refractivity contribution in [3.05, 3.63) is 53.5 Å². The highest BCUT2D eigenvalue weighted by molar-refractivity contribution is 7.21. The number of fused-ring (bicyclic) bond motifs is 1. The number of carbonyl (C=O) groups is 1. The zero-order valence-electron chi connectivity index (χ0n) is 22.0. The number of nitrogens with one attached hydrogen (secondary N) is 1. The molecule has 1 amide bonds. The van der Waals surface area contributed by atoms with Gasteiger partial charge in [0.15, 0.2) is 5.75 Å². The van der Waals surface area contributed by atoms with Crippen molar-refractivity contribution in [2.75, 3.05) is 50.6 Å². The van der Waals surface area contributed by atoms with E-state index in [4.69, 9.17) is 20.2 Å². The largest absolute Gasteiger partial charge is 0.496 e. The van der Waals surface area contributed by atoms with Crippen molar-refractivity contribution >= 4 is 44.8 Å². The maximum Gasteiger partial charge on any atom is 0.259 e. The molecule has 3 N–H and O–H groups in total. The summed E-state index contributed by atoms with van der Waals surface area (Å²) in [5.41, 5.74) is 9.62. The van der Waals surface area contributed by atoms with Crippen molar-refractivity contribution in [3.63, 3.8) is 0 Å². The summed E-state index contributed by atoms with van der Waals surface area (Å²) in [5, 5.41) is 3.38. The number of anilines is 3. The van der Waals surface area contributed by atoms with Crippen LogP contribution in [0, 0.1) is 0 Å². The molecule has 5 rings (SSSR count). The van der Waals surface area contributed by atoms with Crippen molar-refractivity contribution in [3.8, 4) is 22.6 Å². The van der Waals surface area contributed by atoms with Gasteiger partial charge in [-0.15, -0.1) is 11.3 Å². The monoisotopic (exact) mass is 532 g/mol. The SMILES string of the molecule is COc1ccccc1-c1c(C(N)=O)sc2cnc(Nc3cccc(N4CCN(C)CC4)c3OC(C)C)nc12.